The molecule has 1 fully saturated rings. The highest BCUT2D eigenvalue weighted by Crippen LogP contribution is 2.32. The van der Waals surface area contributed by atoms with E-state index in [4.69, 9.17) is 4.74 Å². The Morgan fingerprint density at radius 3 is 2.50 bits per heavy atom. The molecule has 0 bridgehead atoms. The summed E-state index contributed by atoms with van der Waals surface area (Å²) >= 11 is 0. The van der Waals surface area contributed by atoms with E-state index in [1.807, 2.05) is 30.3 Å². The highest BCUT2D eigenvalue weighted by atomic mass is 16.5. The summed E-state index contributed by atoms with van der Waals surface area (Å²) in [5, 5.41) is 11.9. The summed E-state index contributed by atoms with van der Waals surface area (Å²) < 4.78 is 5.33. The average Bonchev–Trinajstić information content (AvgIpc) is 3.32. The van der Waals surface area contributed by atoms with Gasteiger partial charge in [-0.25, -0.2) is 9.78 Å². The number of methoxy groups -OCH3 is 1. The molecular weight excluding hydrogens is 436 g/mol. The SMILES string of the molecule is COc1ccc(C(=O)O)c2[nH]cc(C(=O)C(=O)N3CCN(c4nccc5ccccc45)CC3)c12. The number of aromatic carboxylic acids is 1. The maximum Gasteiger partial charge on any atom is 0.337 e. The first-order valence-electron chi connectivity index (χ1n) is 10.8. The predicted molar refractivity (Wildman–Crippen MR) is 127 cm³/mol. The van der Waals surface area contributed by atoms with E-state index in [0.29, 0.717) is 37.3 Å². The minimum atomic E-state index is -1.14. The number of Topliss-reactive ketones (excluding diaryl/α,β-unsaturated/α-hetero) is 1. The number of carbonyl (C=O) groups excluding carboxylic acids is 2. The number of H-pyrrole nitrogens is 1. The highest BCUT2D eigenvalue weighted by molar-refractivity contribution is 6.45. The smallest absolute Gasteiger partial charge is 0.337 e. The van der Waals surface area contributed by atoms with E-state index in [-0.39, 0.29) is 16.6 Å². The van der Waals surface area contributed by atoms with Gasteiger partial charge in [0, 0.05) is 44.0 Å². The number of nitrogens with one attached hydrogen (secondary N) is 1. The van der Waals surface area contributed by atoms with Crippen molar-refractivity contribution in [3.8, 4) is 5.75 Å². The van der Waals surface area contributed by atoms with Crippen LogP contribution in [0, 0.1) is 0 Å². The van der Waals surface area contributed by atoms with Crippen LogP contribution in [0.25, 0.3) is 21.7 Å². The van der Waals surface area contributed by atoms with E-state index < -0.39 is 17.7 Å². The van der Waals surface area contributed by atoms with Crippen LogP contribution in [0.2, 0.25) is 0 Å². The Bertz CT molecular complexity index is 1430. The number of anilines is 1. The fraction of sp³-hybridized carbons (Fsp3) is 0.200. The average molecular weight is 458 g/mol. The molecule has 2 aromatic carbocycles. The molecule has 9 heteroatoms. The summed E-state index contributed by atoms with van der Waals surface area (Å²) in [7, 11) is 1.43. The van der Waals surface area contributed by atoms with Crippen LogP contribution < -0.4 is 9.64 Å². The topological polar surface area (TPSA) is 116 Å². The third-order valence-corrected chi connectivity index (χ3v) is 6.21. The molecular formula is C25H22N4O5. The Labute approximate surface area is 194 Å². The molecule has 0 unspecified atom stereocenters. The number of carboxylic acids is 1. The molecule has 1 amide bonds. The zero-order valence-corrected chi connectivity index (χ0v) is 18.4. The Kier molecular flexibility index (Phi) is 5.37. The number of amides is 1. The number of carboxylic acid groups (broad SMARTS) is 1. The Morgan fingerprint density at radius 1 is 1.00 bits per heavy atom. The van der Waals surface area contributed by atoms with Gasteiger partial charge in [-0.1, -0.05) is 24.3 Å². The molecule has 1 aliphatic heterocycles. The number of ether oxygens (including phenoxy) is 1. The van der Waals surface area contributed by atoms with E-state index >= 15 is 0 Å². The van der Waals surface area contributed by atoms with Gasteiger partial charge in [0.15, 0.2) is 0 Å². The molecule has 0 spiro atoms. The number of aromatic nitrogens is 2. The zero-order valence-electron chi connectivity index (χ0n) is 18.4. The summed E-state index contributed by atoms with van der Waals surface area (Å²) in [5.41, 5.74) is 0.339. The van der Waals surface area contributed by atoms with Crippen molar-refractivity contribution < 1.29 is 24.2 Å². The van der Waals surface area contributed by atoms with Crippen molar-refractivity contribution in [1.29, 1.82) is 0 Å². The second kappa shape index (κ2) is 8.51. The molecule has 172 valence electrons. The molecule has 2 aromatic heterocycles. The standard InChI is InChI=1S/C25H22N4O5/c1-34-19-7-6-17(25(32)33)21-20(19)18(14-27-21)22(30)24(31)29-12-10-28(11-13-29)23-16-5-3-2-4-15(16)8-9-26-23/h2-9,14,27H,10-13H2,1H3,(H,32,33). The number of hydrogen-bond donors (Lipinski definition) is 2. The molecule has 34 heavy (non-hydrogen) atoms. The van der Waals surface area contributed by atoms with Gasteiger partial charge in [-0.15, -0.1) is 0 Å². The van der Waals surface area contributed by atoms with Gasteiger partial charge >= 0.3 is 5.97 Å². The number of rotatable bonds is 5. The molecule has 5 rings (SSSR count). The number of carbonyl (C=O) groups is 3. The number of piperazine rings is 1. The fourth-order valence-electron chi connectivity index (χ4n) is 4.48. The summed E-state index contributed by atoms with van der Waals surface area (Å²) in [5.74, 6) is -1.29. The number of pyridine rings is 1. The van der Waals surface area contributed by atoms with Crippen LogP contribution in [0.3, 0.4) is 0 Å². The van der Waals surface area contributed by atoms with E-state index in [0.717, 1.165) is 16.6 Å². The first-order valence-corrected chi connectivity index (χ1v) is 10.8. The molecule has 1 aliphatic rings. The largest absolute Gasteiger partial charge is 0.496 e. The van der Waals surface area contributed by atoms with Gasteiger partial charge in [0.1, 0.15) is 11.6 Å². The van der Waals surface area contributed by atoms with Gasteiger partial charge in [0.2, 0.25) is 0 Å². The molecule has 9 nitrogen and oxygen atoms in total. The van der Waals surface area contributed by atoms with Gasteiger partial charge in [-0.05, 0) is 23.6 Å². The van der Waals surface area contributed by atoms with Crippen molar-refractivity contribution >= 4 is 45.2 Å². The fourth-order valence-corrected chi connectivity index (χ4v) is 4.48. The van der Waals surface area contributed by atoms with Gasteiger partial charge < -0.3 is 24.6 Å². The van der Waals surface area contributed by atoms with E-state index in [1.54, 1.807) is 6.20 Å². The van der Waals surface area contributed by atoms with Gasteiger partial charge in [0.25, 0.3) is 11.7 Å². The van der Waals surface area contributed by atoms with Crippen LogP contribution in [0.1, 0.15) is 20.7 Å². The highest BCUT2D eigenvalue weighted by Gasteiger charge is 2.30. The maximum atomic E-state index is 13.2. The van der Waals surface area contributed by atoms with Crippen LogP contribution in [-0.4, -0.2) is 70.9 Å². The zero-order chi connectivity index (χ0) is 23.8. The molecule has 1 saturated heterocycles. The monoisotopic (exact) mass is 458 g/mol. The molecule has 0 atom stereocenters. The lowest BCUT2D eigenvalue weighted by molar-refractivity contribution is -0.126. The van der Waals surface area contributed by atoms with Gasteiger partial charge in [-0.2, -0.15) is 0 Å². The van der Waals surface area contributed by atoms with Crippen LogP contribution in [0.15, 0.2) is 54.9 Å². The molecule has 3 heterocycles. The van der Waals surface area contributed by atoms with Crippen molar-refractivity contribution in [1.82, 2.24) is 14.9 Å². The number of ketones is 1. The lowest BCUT2D eigenvalue weighted by atomic mass is 10.0. The van der Waals surface area contributed by atoms with Crippen molar-refractivity contribution in [2.24, 2.45) is 0 Å². The van der Waals surface area contributed by atoms with Crippen molar-refractivity contribution in [3.63, 3.8) is 0 Å². The lowest BCUT2D eigenvalue weighted by Gasteiger charge is -2.35. The van der Waals surface area contributed by atoms with Gasteiger partial charge in [-0.3, -0.25) is 9.59 Å². The van der Waals surface area contributed by atoms with E-state index in [1.165, 1.54) is 30.3 Å². The second-order valence-electron chi connectivity index (χ2n) is 8.04. The van der Waals surface area contributed by atoms with Crippen molar-refractivity contribution in [3.05, 3.63) is 66.0 Å². The first-order chi connectivity index (χ1) is 16.5. The molecule has 0 aliphatic carbocycles. The number of nitrogens with zero attached hydrogens (tertiary/aromatic N) is 3. The van der Waals surface area contributed by atoms with Crippen LogP contribution >= 0.6 is 0 Å². The molecule has 2 N–H and O–H groups in total. The van der Waals surface area contributed by atoms with Crippen LogP contribution in [-0.2, 0) is 4.79 Å². The van der Waals surface area contributed by atoms with E-state index in [2.05, 4.69) is 14.9 Å². The first kappa shape index (κ1) is 21.4. The summed E-state index contributed by atoms with van der Waals surface area (Å²) in [6, 6.07) is 12.8. The van der Waals surface area contributed by atoms with Gasteiger partial charge in [0.05, 0.1) is 29.1 Å². The Balaban J connectivity index is 1.37. The maximum absolute atomic E-state index is 13.2. The minimum absolute atomic E-state index is 0.00139. The minimum Gasteiger partial charge on any atom is -0.496 e. The normalized spacial score (nSPS) is 13.9. The summed E-state index contributed by atoms with van der Waals surface area (Å²) in [6.45, 7) is 1.82. The van der Waals surface area contributed by atoms with E-state index in [9.17, 15) is 19.5 Å². The third kappa shape index (κ3) is 3.51. The third-order valence-electron chi connectivity index (χ3n) is 6.21. The van der Waals surface area contributed by atoms with Crippen molar-refractivity contribution in [2.75, 3.05) is 38.2 Å². The predicted octanol–water partition coefficient (Wildman–Crippen LogP) is 2.95. The number of fused-ring (bicyclic) bond motifs is 2. The van der Waals surface area contributed by atoms with Crippen LogP contribution in [0.4, 0.5) is 5.82 Å². The van der Waals surface area contributed by atoms with Crippen LogP contribution in [0.5, 0.6) is 5.75 Å². The molecule has 0 radical (unpaired) electrons. The number of hydrogen-bond acceptors (Lipinski definition) is 6. The van der Waals surface area contributed by atoms with Crippen molar-refractivity contribution in [2.45, 2.75) is 0 Å². The second-order valence-corrected chi connectivity index (χ2v) is 8.04. The Hall–Kier alpha value is -4.40. The number of benzene rings is 2. The summed E-state index contributed by atoms with van der Waals surface area (Å²) in [6.07, 6.45) is 3.14. The summed E-state index contributed by atoms with van der Waals surface area (Å²) in [4.78, 5) is 48.8. The lowest BCUT2D eigenvalue weighted by Crippen LogP contribution is -2.50. The molecule has 4 aromatic rings. The number of aromatic amines is 1. The quantitative estimate of drug-likeness (QED) is 0.349. The Morgan fingerprint density at radius 2 is 1.76 bits per heavy atom. The molecule has 0 saturated carbocycles.